The van der Waals surface area contributed by atoms with Gasteiger partial charge in [0.25, 0.3) is 0 Å². The molecule has 0 aliphatic carbocycles. The Bertz CT molecular complexity index is 5030. The molecule has 0 aliphatic rings. The standard InChI is InChI=1S/7C10H8O3S.Mn/c7*11-14(12,13)10-7-3-5-8-4-1-2-6-9(8)10;/h7*1-7H,(H,11,12,13);/p-7. The van der Waals surface area contributed by atoms with Crippen LogP contribution in [0.1, 0.15) is 0 Å². The van der Waals surface area contributed by atoms with Crippen molar-refractivity contribution in [3.63, 3.8) is 0 Å². The number of hydrogen-bond acceptors (Lipinski definition) is 21. The van der Waals surface area contributed by atoms with E-state index in [-0.39, 0.29) is 51.3 Å². The van der Waals surface area contributed by atoms with Crippen LogP contribution in [-0.2, 0) is 87.9 Å². The zero-order valence-corrected chi connectivity index (χ0v) is 57.5. The Morgan fingerprint density at radius 3 is 0.333 bits per heavy atom. The molecule has 0 heterocycles. The van der Waals surface area contributed by atoms with Gasteiger partial charge in [-0.25, -0.2) is 58.9 Å². The van der Waals surface area contributed by atoms with Crippen LogP contribution in [0.15, 0.2) is 332 Å². The molecule has 14 rings (SSSR count). The van der Waals surface area contributed by atoms with Gasteiger partial charge in [-0.15, -0.1) is 0 Å². The third kappa shape index (κ3) is 20.7. The molecule has 99 heavy (non-hydrogen) atoms. The van der Waals surface area contributed by atoms with Crippen molar-refractivity contribution in [1.82, 2.24) is 0 Å². The Balaban J connectivity index is 0.000000162. The van der Waals surface area contributed by atoms with E-state index >= 15 is 0 Å². The van der Waals surface area contributed by atoms with E-state index in [0.717, 1.165) is 37.7 Å². The van der Waals surface area contributed by atoms with Crippen molar-refractivity contribution < 1.29 is 108 Å². The predicted octanol–water partition coefficient (Wildman–Crippen LogP) is 12.2. The summed E-state index contributed by atoms with van der Waals surface area (Å²) in [5.41, 5.74) is 0. The summed E-state index contributed by atoms with van der Waals surface area (Å²) in [5.74, 6) is 0. The molecule has 0 spiro atoms. The normalized spacial score (nSPS) is 11.7. The Hall–Kier alpha value is -9.21. The van der Waals surface area contributed by atoms with E-state index in [1.165, 1.54) is 42.5 Å². The maximum Gasteiger partial charge on any atom is 0.125 e. The first-order valence-corrected chi connectivity index (χ1v) is 38.0. The van der Waals surface area contributed by atoms with Crippen LogP contribution in [-0.4, -0.2) is 90.8 Å². The second-order valence-corrected chi connectivity index (χ2v) is 30.0. The fourth-order valence-electron chi connectivity index (χ4n) is 9.90. The van der Waals surface area contributed by atoms with Gasteiger partial charge in [-0.05, 0) is 118 Å². The first kappa shape index (κ1) is 77.1. The average molecular weight is 1510 g/mol. The van der Waals surface area contributed by atoms with Crippen LogP contribution in [0.2, 0.25) is 0 Å². The van der Waals surface area contributed by atoms with E-state index in [4.69, 9.17) is 0 Å². The summed E-state index contributed by atoms with van der Waals surface area (Å²) >= 11 is 0. The largest absolute Gasteiger partial charge is 0.744 e. The van der Waals surface area contributed by atoms with Gasteiger partial charge in [-0.1, -0.05) is 255 Å². The van der Waals surface area contributed by atoms with Crippen LogP contribution >= 0.6 is 0 Å². The topological polar surface area (TPSA) is 400 Å². The molecule has 0 saturated carbocycles. The molecule has 0 N–H and O–H groups in total. The molecule has 0 bridgehead atoms. The monoisotopic (exact) mass is 1500 g/mol. The smallest absolute Gasteiger partial charge is 0.125 e. The molecule has 1 radical (unpaired) electrons. The first-order chi connectivity index (χ1) is 46.1. The van der Waals surface area contributed by atoms with E-state index in [2.05, 4.69) is 0 Å². The van der Waals surface area contributed by atoms with Gasteiger partial charge < -0.3 is 31.9 Å². The van der Waals surface area contributed by atoms with Gasteiger partial charge in [0.2, 0.25) is 0 Å². The molecule has 14 aromatic rings. The average Bonchev–Trinajstić information content (AvgIpc) is 0.869. The SMILES string of the molecule is O=S(=O)([O-])c1cccc2ccccc12.O=S(=O)([O-])c1cccc2ccccc12.O=S(=O)([O-])c1cccc2ccccc12.O=S(=O)([O-])c1cccc2ccccc12.O=S(=O)([O-])c1cccc2ccccc12.O=S(=O)([O-])c1cccc2ccccc12.O=S(=O)([O-])c1cccc2ccccc12.[Mn]. The Morgan fingerprint density at radius 2 is 0.232 bits per heavy atom. The van der Waals surface area contributed by atoms with Crippen molar-refractivity contribution in [3.05, 3.63) is 297 Å². The molecule has 0 amide bonds. The number of rotatable bonds is 7. The zero-order valence-electron chi connectivity index (χ0n) is 50.6. The Labute approximate surface area is 581 Å². The van der Waals surface area contributed by atoms with Crippen molar-refractivity contribution in [2.45, 2.75) is 34.3 Å². The van der Waals surface area contributed by atoms with E-state index in [9.17, 15) is 90.8 Å². The maximum atomic E-state index is 10.9. The summed E-state index contributed by atoms with van der Waals surface area (Å²) in [6.45, 7) is 0. The third-order valence-corrected chi connectivity index (χ3v) is 20.4. The molecule has 0 atom stereocenters. The molecular formula is C70H49MnO21S7-7. The van der Waals surface area contributed by atoms with Gasteiger partial charge in [-0.3, -0.25) is 0 Å². The van der Waals surface area contributed by atoms with Crippen LogP contribution in [0.5, 0.6) is 0 Å². The molecule has 29 heteroatoms. The van der Waals surface area contributed by atoms with Gasteiger partial charge in [-0.2, -0.15) is 0 Å². The van der Waals surface area contributed by atoms with Gasteiger partial charge in [0.1, 0.15) is 70.8 Å². The predicted molar refractivity (Wildman–Crippen MR) is 363 cm³/mol. The summed E-state index contributed by atoms with van der Waals surface area (Å²) in [6, 6.07) is 80.8. The van der Waals surface area contributed by atoms with Crippen LogP contribution in [0.25, 0.3) is 75.4 Å². The van der Waals surface area contributed by atoms with Crippen LogP contribution in [0.3, 0.4) is 0 Å². The van der Waals surface area contributed by atoms with Crippen LogP contribution in [0, 0.1) is 0 Å². The Kier molecular flexibility index (Phi) is 25.4. The van der Waals surface area contributed by atoms with Gasteiger partial charge >= 0.3 is 0 Å². The molecule has 0 aliphatic heterocycles. The number of benzene rings is 14. The molecule has 0 fully saturated rings. The quantitative estimate of drug-likeness (QED) is 0.106. The molecule has 0 aromatic heterocycles. The van der Waals surface area contributed by atoms with E-state index in [1.807, 2.05) is 0 Å². The first-order valence-electron chi connectivity index (χ1n) is 28.2. The molecule has 511 valence electrons. The summed E-state index contributed by atoms with van der Waals surface area (Å²) in [5, 5.41) is 8.62. The van der Waals surface area contributed by atoms with Gasteiger partial charge in [0.05, 0.1) is 34.3 Å². The van der Waals surface area contributed by atoms with Crippen molar-refractivity contribution in [2.75, 3.05) is 0 Å². The summed E-state index contributed by atoms with van der Waals surface area (Å²) in [4.78, 5) is -1.10. The van der Waals surface area contributed by atoms with Crippen molar-refractivity contribution in [3.8, 4) is 0 Å². The summed E-state index contributed by atoms with van der Waals surface area (Å²) < 4.78 is 229. The minimum atomic E-state index is -4.38. The maximum absolute atomic E-state index is 10.9. The fourth-order valence-corrected chi connectivity index (χ4v) is 14.8. The summed E-state index contributed by atoms with van der Waals surface area (Å²) in [6.07, 6.45) is 0. The molecule has 21 nitrogen and oxygen atoms in total. The summed E-state index contributed by atoms with van der Waals surface area (Å²) in [7, 11) is -30.7. The minimum Gasteiger partial charge on any atom is -0.744 e. The van der Waals surface area contributed by atoms with Crippen LogP contribution in [0.4, 0.5) is 0 Å². The van der Waals surface area contributed by atoms with E-state index in [1.54, 1.807) is 255 Å². The second kappa shape index (κ2) is 32.6. The van der Waals surface area contributed by atoms with E-state index in [0.29, 0.717) is 37.7 Å². The van der Waals surface area contributed by atoms with Gasteiger partial charge in [0.15, 0.2) is 0 Å². The fraction of sp³-hybridized carbons (Fsp3) is 0. The van der Waals surface area contributed by atoms with Crippen molar-refractivity contribution >= 4 is 146 Å². The van der Waals surface area contributed by atoms with Gasteiger partial charge in [0, 0.05) is 17.1 Å². The Morgan fingerprint density at radius 1 is 0.141 bits per heavy atom. The van der Waals surface area contributed by atoms with Crippen molar-refractivity contribution in [2.24, 2.45) is 0 Å². The second-order valence-electron chi connectivity index (χ2n) is 20.5. The molecule has 0 unspecified atom stereocenters. The zero-order chi connectivity index (χ0) is 71.3. The molecule has 0 saturated heterocycles. The third-order valence-electron chi connectivity index (χ3n) is 14.1. The van der Waals surface area contributed by atoms with Crippen LogP contribution < -0.4 is 0 Å². The molecular weight excluding hydrogens is 1460 g/mol. The van der Waals surface area contributed by atoms with Crippen molar-refractivity contribution in [1.29, 1.82) is 0 Å². The minimum absolute atomic E-state index is 0. The number of hydrogen-bond donors (Lipinski definition) is 0. The van der Waals surface area contributed by atoms with E-state index < -0.39 is 70.8 Å². The number of fused-ring (bicyclic) bond motifs is 7. The molecule has 14 aromatic carbocycles.